The zero-order chi connectivity index (χ0) is 22.6. The van der Waals surface area contributed by atoms with Crippen molar-refractivity contribution >= 4 is 11.5 Å². The van der Waals surface area contributed by atoms with E-state index in [1.165, 1.54) is 0 Å². The second-order valence-corrected chi connectivity index (χ2v) is 6.56. The molecule has 2 N–H and O–H groups in total. The second kappa shape index (κ2) is 9.01. The van der Waals surface area contributed by atoms with E-state index in [4.69, 9.17) is 4.74 Å². The van der Waals surface area contributed by atoms with Gasteiger partial charge in [0.2, 0.25) is 5.60 Å². The van der Waals surface area contributed by atoms with Crippen LogP contribution in [-0.4, -0.2) is 22.8 Å². The first-order valence-corrected chi connectivity index (χ1v) is 8.96. The summed E-state index contributed by atoms with van der Waals surface area (Å²) in [6.45, 7) is -0.505. The molecular weight excluding hydrogens is 416 g/mol. The first kappa shape index (κ1) is 22.0. The summed E-state index contributed by atoms with van der Waals surface area (Å²) < 4.78 is 59.5. The van der Waals surface area contributed by atoms with E-state index in [0.717, 1.165) is 12.1 Å². The summed E-state index contributed by atoms with van der Waals surface area (Å²) in [7, 11) is 0. The van der Waals surface area contributed by atoms with E-state index in [1.54, 1.807) is 30.3 Å². The number of ether oxygens (including phenoxy) is 1. The van der Waals surface area contributed by atoms with Gasteiger partial charge in [-0.15, -0.1) is 0 Å². The van der Waals surface area contributed by atoms with Crippen LogP contribution in [0.1, 0.15) is 16.7 Å². The fourth-order valence-electron chi connectivity index (χ4n) is 2.94. The normalized spacial score (nSPS) is 12.0. The van der Waals surface area contributed by atoms with Crippen LogP contribution in [0.15, 0.2) is 73.0 Å². The number of aliphatic hydroxyl groups is 2. The quantitative estimate of drug-likeness (QED) is 0.339. The number of carbonyl (C=O) groups is 1. The van der Waals surface area contributed by atoms with Crippen molar-refractivity contribution in [3.05, 3.63) is 113 Å². The molecule has 0 aromatic heterocycles. The third kappa shape index (κ3) is 4.44. The van der Waals surface area contributed by atoms with Crippen molar-refractivity contribution in [1.82, 2.24) is 0 Å². The van der Waals surface area contributed by atoms with Crippen molar-refractivity contribution in [3.63, 3.8) is 0 Å². The van der Waals surface area contributed by atoms with Crippen LogP contribution in [0, 0.1) is 23.3 Å². The monoisotopic (exact) mass is 432 g/mol. The van der Waals surface area contributed by atoms with Gasteiger partial charge in [-0.25, -0.2) is 22.4 Å². The van der Waals surface area contributed by atoms with E-state index in [9.17, 15) is 32.6 Å². The van der Waals surface area contributed by atoms with Crippen molar-refractivity contribution < 1.29 is 37.3 Å². The molecule has 0 aliphatic heterocycles. The lowest BCUT2D eigenvalue weighted by Gasteiger charge is -2.27. The number of aliphatic hydroxyl groups excluding tert-OH is 1. The van der Waals surface area contributed by atoms with Crippen LogP contribution in [0.25, 0.3) is 5.57 Å². The lowest BCUT2D eigenvalue weighted by atomic mass is 9.86. The Hall–Kier alpha value is -3.65. The van der Waals surface area contributed by atoms with Gasteiger partial charge in [-0.2, -0.15) is 0 Å². The Bertz CT molecular complexity index is 1080. The van der Waals surface area contributed by atoms with Gasteiger partial charge in [0.1, 0.15) is 6.61 Å². The minimum absolute atomic E-state index is 0.173. The Balaban J connectivity index is 2.00. The maximum atomic E-state index is 13.8. The van der Waals surface area contributed by atoms with Crippen LogP contribution in [0.3, 0.4) is 0 Å². The predicted molar refractivity (Wildman–Crippen MR) is 104 cm³/mol. The highest BCUT2D eigenvalue weighted by Gasteiger charge is 2.43. The molecule has 0 amide bonds. The third-order valence-electron chi connectivity index (χ3n) is 4.63. The number of carbonyl (C=O) groups excluding carboxylic acids is 1. The highest BCUT2D eigenvalue weighted by atomic mass is 19.2. The SMILES string of the molecule is O=C(OCC(=CO)c1ccccc1)C(O)(c1ccc(F)c(F)c1)c1ccc(F)c(F)c1. The van der Waals surface area contributed by atoms with Crippen LogP contribution in [0.5, 0.6) is 0 Å². The average molecular weight is 432 g/mol. The molecule has 0 saturated carbocycles. The van der Waals surface area contributed by atoms with E-state index in [0.29, 0.717) is 36.1 Å². The van der Waals surface area contributed by atoms with Gasteiger partial charge in [0, 0.05) is 16.7 Å². The van der Waals surface area contributed by atoms with Crippen molar-refractivity contribution in [2.24, 2.45) is 0 Å². The third-order valence-corrected chi connectivity index (χ3v) is 4.63. The van der Waals surface area contributed by atoms with Crippen LogP contribution in [0.4, 0.5) is 17.6 Å². The Labute approximate surface area is 174 Å². The molecule has 0 atom stereocenters. The number of esters is 1. The average Bonchev–Trinajstić information content (AvgIpc) is 2.78. The molecule has 8 heteroatoms. The lowest BCUT2D eigenvalue weighted by molar-refractivity contribution is -0.160. The molecule has 4 nitrogen and oxygen atoms in total. The zero-order valence-corrected chi connectivity index (χ0v) is 15.9. The van der Waals surface area contributed by atoms with Gasteiger partial charge in [-0.05, 0) is 29.8 Å². The predicted octanol–water partition coefficient (Wildman–Crippen LogP) is 4.62. The number of halogens is 4. The summed E-state index contributed by atoms with van der Waals surface area (Å²) in [5, 5.41) is 20.6. The van der Waals surface area contributed by atoms with E-state index in [1.807, 2.05) is 0 Å². The fraction of sp³-hybridized carbons (Fsp3) is 0.0870. The summed E-state index contributed by atoms with van der Waals surface area (Å²) in [6, 6.07) is 12.6. The van der Waals surface area contributed by atoms with E-state index in [2.05, 4.69) is 0 Å². The maximum Gasteiger partial charge on any atom is 0.348 e. The van der Waals surface area contributed by atoms with Gasteiger partial charge in [0.15, 0.2) is 23.3 Å². The fourth-order valence-corrected chi connectivity index (χ4v) is 2.94. The Morgan fingerprint density at radius 3 is 1.81 bits per heavy atom. The van der Waals surface area contributed by atoms with Gasteiger partial charge in [0.05, 0.1) is 6.26 Å². The summed E-state index contributed by atoms with van der Waals surface area (Å²) >= 11 is 0. The molecule has 3 rings (SSSR count). The number of hydrogen-bond donors (Lipinski definition) is 2. The van der Waals surface area contributed by atoms with Gasteiger partial charge < -0.3 is 14.9 Å². The molecule has 31 heavy (non-hydrogen) atoms. The molecule has 3 aromatic carbocycles. The maximum absolute atomic E-state index is 13.8. The molecule has 0 saturated heterocycles. The number of benzene rings is 3. The van der Waals surface area contributed by atoms with Gasteiger partial charge in [0.25, 0.3) is 0 Å². The molecule has 160 valence electrons. The molecule has 0 aliphatic carbocycles. The van der Waals surface area contributed by atoms with Crippen LogP contribution >= 0.6 is 0 Å². The lowest BCUT2D eigenvalue weighted by Crippen LogP contribution is -2.39. The Morgan fingerprint density at radius 1 is 0.839 bits per heavy atom. The molecule has 0 heterocycles. The zero-order valence-electron chi connectivity index (χ0n) is 15.9. The summed E-state index contributed by atoms with van der Waals surface area (Å²) in [5.41, 5.74) is -3.03. The summed E-state index contributed by atoms with van der Waals surface area (Å²) in [6.07, 6.45) is 0.705. The highest BCUT2D eigenvalue weighted by Crippen LogP contribution is 2.33. The van der Waals surface area contributed by atoms with E-state index in [-0.39, 0.29) is 5.57 Å². The van der Waals surface area contributed by atoms with E-state index < -0.39 is 52.6 Å². The number of rotatable bonds is 6. The molecule has 3 aromatic rings. The minimum atomic E-state index is -2.79. The highest BCUT2D eigenvalue weighted by molar-refractivity contribution is 5.86. The van der Waals surface area contributed by atoms with Crippen molar-refractivity contribution in [1.29, 1.82) is 0 Å². The number of hydrogen-bond acceptors (Lipinski definition) is 4. The first-order chi connectivity index (χ1) is 14.8. The molecule has 0 bridgehead atoms. The molecule has 0 fully saturated rings. The Morgan fingerprint density at radius 2 is 1.35 bits per heavy atom. The molecule has 0 unspecified atom stereocenters. The van der Waals surface area contributed by atoms with E-state index >= 15 is 0 Å². The van der Waals surface area contributed by atoms with Crippen LogP contribution in [0.2, 0.25) is 0 Å². The van der Waals surface area contributed by atoms with Gasteiger partial charge >= 0.3 is 5.97 Å². The van der Waals surface area contributed by atoms with Crippen molar-refractivity contribution in [3.8, 4) is 0 Å². The standard InChI is InChI=1S/C23H16F4O4/c24-18-8-6-16(10-20(18)26)23(30,17-7-9-19(25)21(27)11-17)22(29)31-13-15(12-28)14-4-2-1-3-5-14/h1-12,28,30H,13H2. The largest absolute Gasteiger partial charge is 0.515 e. The van der Waals surface area contributed by atoms with Crippen molar-refractivity contribution in [2.45, 2.75) is 5.60 Å². The van der Waals surface area contributed by atoms with Crippen molar-refractivity contribution in [2.75, 3.05) is 6.61 Å². The van der Waals surface area contributed by atoms with Crippen LogP contribution < -0.4 is 0 Å². The van der Waals surface area contributed by atoms with Gasteiger partial charge in [-0.1, -0.05) is 42.5 Å². The minimum Gasteiger partial charge on any atom is -0.515 e. The van der Waals surface area contributed by atoms with Gasteiger partial charge in [-0.3, -0.25) is 0 Å². The topological polar surface area (TPSA) is 66.8 Å². The van der Waals surface area contributed by atoms with Crippen LogP contribution in [-0.2, 0) is 15.1 Å². The summed E-state index contributed by atoms with van der Waals surface area (Å²) in [4.78, 5) is 12.9. The molecule has 0 spiro atoms. The molecule has 0 radical (unpaired) electrons. The molecule has 0 aliphatic rings. The second-order valence-electron chi connectivity index (χ2n) is 6.56. The smallest absolute Gasteiger partial charge is 0.348 e. The molecular formula is C23H16F4O4. The Kier molecular flexibility index (Phi) is 6.41. The summed E-state index contributed by atoms with van der Waals surface area (Å²) in [5.74, 6) is -6.59. The first-order valence-electron chi connectivity index (χ1n) is 8.96.